The minimum absolute atomic E-state index is 0.0547. The molecule has 0 bridgehead atoms. The van der Waals surface area contributed by atoms with Gasteiger partial charge in [0.25, 0.3) is 0 Å². The summed E-state index contributed by atoms with van der Waals surface area (Å²) in [4.78, 5) is 11.6. The van der Waals surface area contributed by atoms with Crippen molar-refractivity contribution < 1.29 is 28.5 Å². The first-order chi connectivity index (χ1) is 16.0. The molecule has 1 heterocycles. The van der Waals surface area contributed by atoms with Crippen molar-refractivity contribution in [1.82, 2.24) is 0 Å². The summed E-state index contributed by atoms with van der Waals surface area (Å²) < 4.78 is 23.8. The monoisotopic (exact) mass is 496 g/mol. The van der Waals surface area contributed by atoms with Crippen LogP contribution in [0.15, 0.2) is 24.8 Å². The highest BCUT2D eigenvalue weighted by atomic mass is 28.4. The van der Waals surface area contributed by atoms with E-state index in [0.717, 1.165) is 45.1 Å². The van der Waals surface area contributed by atoms with E-state index in [2.05, 4.69) is 52.6 Å². The molecule has 2 aliphatic rings. The normalized spacial score (nSPS) is 28.4. The molecule has 7 heteroatoms. The summed E-state index contributed by atoms with van der Waals surface area (Å²) in [5, 5.41) is 11.1. The Morgan fingerprint density at radius 3 is 2.62 bits per heavy atom. The van der Waals surface area contributed by atoms with Crippen LogP contribution in [0, 0.1) is 11.8 Å². The molecule has 1 saturated heterocycles. The van der Waals surface area contributed by atoms with Crippen LogP contribution < -0.4 is 0 Å². The molecule has 1 aliphatic carbocycles. The third-order valence-electron chi connectivity index (χ3n) is 7.59. The van der Waals surface area contributed by atoms with E-state index in [-0.39, 0.29) is 41.8 Å². The van der Waals surface area contributed by atoms with Gasteiger partial charge in [0, 0.05) is 32.0 Å². The molecular formula is C27H48O6Si. The van der Waals surface area contributed by atoms with Gasteiger partial charge in [-0.25, -0.2) is 0 Å². The average molecular weight is 497 g/mol. The van der Waals surface area contributed by atoms with Gasteiger partial charge in [0.1, 0.15) is 6.61 Å². The number of carbonyl (C=O) groups is 1. The quantitative estimate of drug-likeness (QED) is 0.151. The highest BCUT2D eigenvalue weighted by Gasteiger charge is 2.46. The van der Waals surface area contributed by atoms with Crippen molar-refractivity contribution in [3.05, 3.63) is 24.8 Å². The Kier molecular flexibility index (Phi) is 12.0. The van der Waals surface area contributed by atoms with Crippen molar-refractivity contribution in [2.75, 3.05) is 19.8 Å². The maximum Gasteiger partial charge on any atom is 0.306 e. The lowest BCUT2D eigenvalue weighted by molar-refractivity contribution is -0.197. The smallest absolute Gasteiger partial charge is 0.306 e. The van der Waals surface area contributed by atoms with Crippen LogP contribution in [0.25, 0.3) is 0 Å². The molecule has 2 fully saturated rings. The van der Waals surface area contributed by atoms with Crippen LogP contribution in [0.4, 0.5) is 0 Å². The lowest BCUT2D eigenvalue weighted by atomic mass is 9.91. The number of ether oxygens (including phenoxy) is 3. The molecule has 0 radical (unpaired) electrons. The lowest BCUT2D eigenvalue weighted by Crippen LogP contribution is -2.44. The molecule has 1 saturated carbocycles. The molecule has 1 unspecified atom stereocenters. The average Bonchev–Trinajstić information content (AvgIpc) is 3.07. The molecule has 0 aromatic heterocycles. The van der Waals surface area contributed by atoms with E-state index in [0.29, 0.717) is 19.4 Å². The number of allylic oxidation sites excluding steroid dienone is 2. The largest absolute Gasteiger partial charge is 0.461 e. The van der Waals surface area contributed by atoms with Crippen molar-refractivity contribution in [1.29, 1.82) is 0 Å². The van der Waals surface area contributed by atoms with E-state index in [1.165, 1.54) is 0 Å². The van der Waals surface area contributed by atoms with Gasteiger partial charge < -0.3 is 23.7 Å². The van der Waals surface area contributed by atoms with Crippen LogP contribution >= 0.6 is 0 Å². The fourth-order valence-corrected chi connectivity index (χ4v) is 5.40. The predicted molar refractivity (Wildman–Crippen MR) is 138 cm³/mol. The van der Waals surface area contributed by atoms with Gasteiger partial charge in [-0.2, -0.15) is 0 Å². The van der Waals surface area contributed by atoms with Gasteiger partial charge in [0.2, 0.25) is 0 Å². The standard InChI is InChI=1S/C27H48O6Si/c1-7-17-30-25(29)15-11-9-8-10-14-21-22(20-32-34(5,6)27(2,3)4)24(19-23(21)28)33-26-16-12-13-18-31-26/h7-8,10,21-24,26,28H,1,9,11-20H2,2-6H3/b10-8-/t21-,22-,23+,24-,26?/m1/s1. The zero-order valence-corrected chi connectivity index (χ0v) is 23.1. The third kappa shape index (κ3) is 9.23. The van der Waals surface area contributed by atoms with Gasteiger partial charge in [-0.05, 0) is 62.6 Å². The summed E-state index contributed by atoms with van der Waals surface area (Å²) in [5.74, 6) is 0.0348. The second kappa shape index (κ2) is 13.9. The molecular weight excluding hydrogens is 448 g/mol. The zero-order chi connectivity index (χ0) is 25.2. The van der Waals surface area contributed by atoms with Crippen LogP contribution in [-0.2, 0) is 23.4 Å². The van der Waals surface area contributed by atoms with Crippen LogP contribution in [-0.4, -0.2) is 57.7 Å². The van der Waals surface area contributed by atoms with Crippen LogP contribution in [0.2, 0.25) is 18.1 Å². The third-order valence-corrected chi connectivity index (χ3v) is 12.1. The Hall–Kier alpha value is -0.993. The van der Waals surface area contributed by atoms with Crippen molar-refractivity contribution in [3.63, 3.8) is 0 Å². The lowest BCUT2D eigenvalue weighted by Gasteiger charge is -2.38. The fraction of sp³-hybridized carbons (Fsp3) is 0.815. The van der Waals surface area contributed by atoms with Gasteiger partial charge in [-0.15, -0.1) is 0 Å². The topological polar surface area (TPSA) is 74.2 Å². The fourth-order valence-electron chi connectivity index (χ4n) is 4.36. The first-order valence-electron chi connectivity index (χ1n) is 13.1. The predicted octanol–water partition coefficient (Wildman–Crippen LogP) is 5.76. The first-order valence-corrected chi connectivity index (χ1v) is 16.0. The molecule has 5 atom stereocenters. The summed E-state index contributed by atoms with van der Waals surface area (Å²) in [5.41, 5.74) is 0. The van der Waals surface area contributed by atoms with E-state index >= 15 is 0 Å². The maximum atomic E-state index is 11.6. The Bertz CT molecular complexity index is 650. The van der Waals surface area contributed by atoms with E-state index in [1.807, 2.05) is 0 Å². The minimum atomic E-state index is -1.91. The van der Waals surface area contributed by atoms with Crippen LogP contribution in [0.1, 0.15) is 72.1 Å². The summed E-state index contributed by atoms with van der Waals surface area (Å²) in [6.45, 7) is 16.5. The summed E-state index contributed by atoms with van der Waals surface area (Å²) in [6, 6.07) is 0. The molecule has 0 spiro atoms. The maximum absolute atomic E-state index is 11.6. The number of unbranched alkanes of at least 4 members (excludes halogenated alkanes) is 1. The molecule has 0 aromatic carbocycles. The highest BCUT2D eigenvalue weighted by molar-refractivity contribution is 6.74. The minimum Gasteiger partial charge on any atom is -0.461 e. The number of rotatable bonds is 13. The van der Waals surface area contributed by atoms with Gasteiger partial charge in [-0.3, -0.25) is 4.79 Å². The molecule has 34 heavy (non-hydrogen) atoms. The van der Waals surface area contributed by atoms with E-state index < -0.39 is 14.4 Å². The Morgan fingerprint density at radius 1 is 1.21 bits per heavy atom. The number of hydrogen-bond acceptors (Lipinski definition) is 6. The second-order valence-electron chi connectivity index (χ2n) is 11.2. The molecule has 1 N–H and O–H groups in total. The zero-order valence-electron chi connectivity index (χ0n) is 22.1. The van der Waals surface area contributed by atoms with E-state index in [9.17, 15) is 9.90 Å². The van der Waals surface area contributed by atoms with E-state index in [1.54, 1.807) is 6.08 Å². The molecule has 2 rings (SSSR count). The van der Waals surface area contributed by atoms with E-state index in [4.69, 9.17) is 18.6 Å². The van der Waals surface area contributed by atoms with Crippen LogP contribution in [0.5, 0.6) is 0 Å². The first kappa shape index (κ1) is 29.2. The molecule has 0 aromatic rings. The number of carbonyl (C=O) groups excluding carboxylic acids is 1. The number of hydrogen-bond donors (Lipinski definition) is 1. The Balaban J connectivity index is 1.95. The second-order valence-corrected chi connectivity index (χ2v) is 16.1. The highest BCUT2D eigenvalue weighted by Crippen LogP contribution is 2.42. The van der Waals surface area contributed by atoms with Crippen molar-refractivity contribution in [2.24, 2.45) is 11.8 Å². The summed E-state index contributed by atoms with van der Waals surface area (Å²) in [7, 11) is -1.91. The number of esters is 1. The summed E-state index contributed by atoms with van der Waals surface area (Å²) >= 11 is 0. The number of aliphatic hydroxyl groups excluding tert-OH is 1. The van der Waals surface area contributed by atoms with Gasteiger partial charge in [-0.1, -0.05) is 45.6 Å². The van der Waals surface area contributed by atoms with Gasteiger partial charge in [0.05, 0.1) is 12.2 Å². The van der Waals surface area contributed by atoms with Crippen molar-refractivity contribution in [2.45, 2.75) is 109 Å². The molecule has 1 aliphatic heterocycles. The molecule has 0 amide bonds. The Morgan fingerprint density at radius 2 is 1.97 bits per heavy atom. The Labute approximate surface area is 208 Å². The van der Waals surface area contributed by atoms with Crippen molar-refractivity contribution in [3.8, 4) is 0 Å². The van der Waals surface area contributed by atoms with Gasteiger partial charge in [0.15, 0.2) is 14.6 Å². The van der Waals surface area contributed by atoms with Crippen molar-refractivity contribution >= 4 is 14.3 Å². The summed E-state index contributed by atoms with van der Waals surface area (Å²) in [6.07, 6.45) is 11.7. The molecule has 6 nitrogen and oxygen atoms in total. The number of aliphatic hydroxyl groups is 1. The van der Waals surface area contributed by atoms with Crippen LogP contribution in [0.3, 0.4) is 0 Å². The SMILES string of the molecule is C=CCOC(=O)CCC/C=C\C[C@@H]1[C@@H](CO[Si](C)(C)C(C)(C)C)[C@H](OC2CCCCO2)C[C@@H]1O. The van der Waals surface area contributed by atoms with Gasteiger partial charge >= 0.3 is 5.97 Å². The molecule has 196 valence electrons.